The first kappa shape index (κ1) is 25.0. The summed E-state index contributed by atoms with van der Waals surface area (Å²) in [5.74, 6) is 3.56. The molecule has 45 heavy (non-hydrogen) atoms. The highest BCUT2D eigenvalue weighted by Crippen LogP contribution is 2.52. The van der Waals surface area contributed by atoms with Crippen LogP contribution in [-0.4, -0.2) is 6.71 Å². The first-order valence-corrected chi connectivity index (χ1v) is 16.0. The Labute approximate surface area is 265 Å². The predicted molar refractivity (Wildman–Crippen MR) is 186 cm³/mol. The Morgan fingerprint density at radius 1 is 0.489 bits per heavy atom. The van der Waals surface area contributed by atoms with Crippen molar-refractivity contribution >= 4 is 62.7 Å². The molecule has 7 aromatic rings. The van der Waals surface area contributed by atoms with E-state index in [1.54, 1.807) is 0 Å². The molecule has 0 radical (unpaired) electrons. The van der Waals surface area contributed by atoms with E-state index in [0.29, 0.717) is 0 Å². The molecule has 0 atom stereocenters. The second kappa shape index (κ2) is 9.56. The third kappa shape index (κ3) is 3.68. The number of hydrogen-bond acceptors (Lipinski definition) is 4. The number of hydrogen-bond donors (Lipinski definition) is 0. The highest BCUT2D eigenvalue weighted by molar-refractivity contribution is 7.99. The SMILES string of the molecule is c1ccc(N(c2ccccc2)c2ccc3c4c(cccc24)Sc2cc4c(cc2-3)Oc2cccc3c2B4c2ccccc2O3)cc1. The van der Waals surface area contributed by atoms with Crippen LogP contribution in [0, 0.1) is 0 Å². The summed E-state index contributed by atoms with van der Waals surface area (Å²) in [6.07, 6.45) is 0. The quantitative estimate of drug-likeness (QED) is 0.191. The van der Waals surface area contributed by atoms with Crippen molar-refractivity contribution in [2.75, 3.05) is 4.90 Å². The zero-order valence-corrected chi connectivity index (χ0v) is 24.9. The highest BCUT2D eigenvalue weighted by atomic mass is 32.2. The van der Waals surface area contributed by atoms with E-state index in [0.717, 1.165) is 45.5 Å². The molecule has 0 spiro atoms. The standard InChI is InChI=1S/C40H24BNO2S/c1-3-11-25(12-4-1)42(26-13-5-2-6-14-26)32-22-21-27-29-23-36-31(24-38(29)45-37-20-9-15-28(32)39(27)37)41-30-16-7-8-17-33(30)43-34-18-10-19-35(44-36)40(34)41/h1-24H. The summed E-state index contributed by atoms with van der Waals surface area (Å²) < 4.78 is 13.0. The molecule has 0 unspecified atom stereocenters. The molecule has 0 N–H and O–H groups in total. The zero-order chi connectivity index (χ0) is 29.5. The Morgan fingerprint density at radius 2 is 1.16 bits per heavy atom. The van der Waals surface area contributed by atoms with Crippen LogP contribution in [0.4, 0.5) is 17.1 Å². The van der Waals surface area contributed by atoms with Gasteiger partial charge in [0.15, 0.2) is 0 Å². The lowest BCUT2D eigenvalue weighted by molar-refractivity contribution is 0.464. The van der Waals surface area contributed by atoms with Crippen molar-refractivity contribution in [3.63, 3.8) is 0 Å². The average molecular weight is 594 g/mol. The van der Waals surface area contributed by atoms with Gasteiger partial charge in [0, 0.05) is 37.4 Å². The first-order chi connectivity index (χ1) is 22.3. The van der Waals surface area contributed by atoms with Gasteiger partial charge in [0.05, 0.1) is 5.69 Å². The van der Waals surface area contributed by atoms with Crippen molar-refractivity contribution in [3.8, 4) is 34.1 Å². The number of nitrogens with zero attached hydrogens (tertiary/aromatic N) is 1. The van der Waals surface area contributed by atoms with Crippen molar-refractivity contribution in [1.29, 1.82) is 0 Å². The number of para-hydroxylation sites is 3. The number of anilines is 3. The fourth-order valence-corrected chi connectivity index (χ4v) is 8.43. The minimum atomic E-state index is 0.0562. The minimum absolute atomic E-state index is 0.0562. The Balaban J connectivity index is 1.18. The normalized spacial score (nSPS) is 13.1. The van der Waals surface area contributed by atoms with Gasteiger partial charge in [0.1, 0.15) is 23.0 Å². The molecule has 0 aliphatic carbocycles. The van der Waals surface area contributed by atoms with E-state index < -0.39 is 0 Å². The molecule has 0 saturated carbocycles. The van der Waals surface area contributed by atoms with Gasteiger partial charge >= 0.3 is 0 Å². The number of fused-ring (bicyclic) bond motifs is 6. The highest BCUT2D eigenvalue weighted by Gasteiger charge is 2.40. The third-order valence-corrected chi connectivity index (χ3v) is 10.3. The van der Waals surface area contributed by atoms with Crippen LogP contribution in [-0.2, 0) is 0 Å². The van der Waals surface area contributed by atoms with Crippen LogP contribution in [0.5, 0.6) is 23.0 Å². The lowest BCUT2D eigenvalue weighted by Crippen LogP contribution is -2.57. The summed E-state index contributed by atoms with van der Waals surface area (Å²) in [5.41, 5.74) is 9.33. The van der Waals surface area contributed by atoms with Crippen molar-refractivity contribution in [3.05, 3.63) is 146 Å². The molecule has 0 aromatic heterocycles. The molecule has 3 aliphatic rings. The largest absolute Gasteiger partial charge is 0.458 e. The van der Waals surface area contributed by atoms with Gasteiger partial charge in [-0.25, -0.2) is 0 Å². The van der Waals surface area contributed by atoms with E-state index >= 15 is 0 Å². The Morgan fingerprint density at radius 3 is 1.93 bits per heavy atom. The van der Waals surface area contributed by atoms with Gasteiger partial charge in [-0.15, -0.1) is 0 Å². The average Bonchev–Trinajstić information content (AvgIpc) is 3.09. The third-order valence-electron chi connectivity index (χ3n) is 9.17. The topological polar surface area (TPSA) is 21.7 Å². The molecule has 10 rings (SSSR count). The summed E-state index contributed by atoms with van der Waals surface area (Å²) in [6.45, 7) is 0.0562. The van der Waals surface area contributed by atoms with Crippen molar-refractivity contribution in [1.82, 2.24) is 0 Å². The van der Waals surface area contributed by atoms with Gasteiger partial charge in [0.2, 0.25) is 0 Å². The number of benzene rings is 7. The molecule has 5 heteroatoms. The van der Waals surface area contributed by atoms with E-state index in [4.69, 9.17) is 9.47 Å². The van der Waals surface area contributed by atoms with Crippen LogP contribution in [0.25, 0.3) is 21.9 Å². The maximum atomic E-state index is 6.67. The van der Waals surface area contributed by atoms with Gasteiger partial charge < -0.3 is 14.4 Å². The molecule has 3 aliphatic heterocycles. The van der Waals surface area contributed by atoms with Crippen molar-refractivity contribution < 1.29 is 9.47 Å². The molecule has 210 valence electrons. The van der Waals surface area contributed by atoms with Crippen molar-refractivity contribution in [2.24, 2.45) is 0 Å². The summed E-state index contributed by atoms with van der Waals surface area (Å²) in [7, 11) is 0. The summed E-state index contributed by atoms with van der Waals surface area (Å²) in [5, 5.41) is 2.50. The van der Waals surface area contributed by atoms with Crippen LogP contribution in [0.15, 0.2) is 155 Å². The summed E-state index contributed by atoms with van der Waals surface area (Å²) >= 11 is 1.85. The monoisotopic (exact) mass is 593 g/mol. The lowest BCUT2D eigenvalue weighted by Gasteiger charge is -2.34. The van der Waals surface area contributed by atoms with Crippen molar-refractivity contribution in [2.45, 2.75) is 9.79 Å². The van der Waals surface area contributed by atoms with Gasteiger partial charge in [-0.3, -0.25) is 0 Å². The van der Waals surface area contributed by atoms with E-state index in [1.807, 2.05) is 30.0 Å². The fourth-order valence-electron chi connectivity index (χ4n) is 7.26. The molecule has 0 bridgehead atoms. The van der Waals surface area contributed by atoms with Gasteiger partial charge in [-0.05, 0) is 88.8 Å². The van der Waals surface area contributed by atoms with Crippen LogP contribution in [0.3, 0.4) is 0 Å². The van der Waals surface area contributed by atoms with Crippen LogP contribution >= 0.6 is 11.8 Å². The second-order valence-corrected chi connectivity index (χ2v) is 12.7. The molecule has 0 fully saturated rings. The van der Waals surface area contributed by atoms with E-state index in [9.17, 15) is 0 Å². The van der Waals surface area contributed by atoms with Gasteiger partial charge in [0.25, 0.3) is 6.71 Å². The maximum Gasteiger partial charge on any atom is 0.260 e. The van der Waals surface area contributed by atoms with E-state index in [2.05, 4.69) is 132 Å². The smallest absolute Gasteiger partial charge is 0.260 e. The van der Waals surface area contributed by atoms with Crippen LogP contribution in [0.1, 0.15) is 0 Å². The summed E-state index contributed by atoms with van der Waals surface area (Å²) in [4.78, 5) is 4.87. The van der Waals surface area contributed by atoms with Gasteiger partial charge in [-0.2, -0.15) is 0 Å². The first-order valence-electron chi connectivity index (χ1n) is 15.2. The Bertz CT molecular complexity index is 2280. The zero-order valence-electron chi connectivity index (χ0n) is 24.1. The number of ether oxygens (including phenoxy) is 2. The summed E-state index contributed by atoms with van der Waals surface area (Å²) in [6, 6.07) is 51.6. The predicted octanol–water partition coefficient (Wildman–Crippen LogP) is 9.17. The molecule has 3 heterocycles. The molecule has 0 saturated heterocycles. The second-order valence-electron chi connectivity index (χ2n) is 11.6. The Hall–Kier alpha value is -5.39. The number of rotatable bonds is 3. The van der Waals surface area contributed by atoms with E-state index in [-0.39, 0.29) is 6.71 Å². The molecular weight excluding hydrogens is 569 g/mol. The van der Waals surface area contributed by atoms with Crippen LogP contribution in [0.2, 0.25) is 0 Å². The molecule has 0 amide bonds. The van der Waals surface area contributed by atoms with Gasteiger partial charge in [-0.1, -0.05) is 90.6 Å². The van der Waals surface area contributed by atoms with E-state index in [1.165, 1.54) is 42.6 Å². The molecule has 7 aromatic carbocycles. The molecule has 3 nitrogen and oxygen atoms in total. The van der Waals surface area contributed by atoms with Crippen LogP contribution < -0.4 is 30.8 Å². The molecular formula is C40H24BNO2S. The lowest BCUT2D eigenvalue weighted by atomic mass is 9.35. The maximum absolute atomic E-state index is 6.67. The Kier molecular flexibility index (Phi) is 5.31. The minimum Gasteiger partial charge on any atom is -0.458 e. The fraction of sp³-hybridized carbons (Fsp3) is 0.